The summed E-state index contributed by atoms with van der Waals surface area (Å²) in [5.41, 5.74) is 0.930. The summed E-state index contributed by atoms with van der Waals surface area (Å²) in [6.07, 6.45) is 1.37. The summed E-state index contributed by atoms with van der Waals surface area (Å²) in [7, 11) is 2.91. The molecule has 25 heavy (non-hydrogen) atoms. The van der Waals surface area contributed by atoms with E-state index in [1.54, 1.807) is 18.2 Å². The first-order valence-electron chi connectivity index (χ1n) is 7.46. The average Bonchev–Trinajstić information content (AvgIpc) is 2.98. The molecule has 0 fully saturated rings. The number of imidazole rings is 1. The molecule has 0 atom stereocenters. The van der Waals surface area contributed by atoms with Crippen LogP contribution in [0.4, 0.5) is 5.69 Å². The Balaban J connectivity index is 1.93. The summed E-state index contributed by atoms with van der Waals surface area (Å²) < 4.78 is 3.67. The topological polar surface area (TPSA) is 90.9 Å². The third-order valence-corrected chi connectivity index (χ3v) is 4.39. The minimum Gasteiger partial charge on any atom is -0.324 e. The summed E-state index contributed by atoms with van der Waals surface area (Å²) in [6.45, 7) is 1.75. The first kappa shape index (κ1) is 17.0. The molecule has 0 spiro atoms. The molecular weight excluding hydrogens is 346 g/mol. The highest BCUT2D eigenvalue weighted by molar-refractivity contribution is 6.31. The predicted octanol–water partition coefficient (Wildman–Crippen LogP) is 1.03. The lowest BCUT2D eigenvalue weighted by Crippen LogP contribution is -2.37. The zero-order valence-electron chi connectivity index (χ0n) is 13.9. The Bertz CT molecular complexity index is 1110. The molecule has 8 nitrogen and oxygen atoms in total. The number of halogens is 1. The second-order valence-electron chi connectivity index (χ2n) is 5.76. The van der Waals surface area contributed by atoms with Gasteiger partial charge in [0.1, 0.15) is 6.54 Å². The summed E-state index contributed by atoms with van der Waals surface area (Å²) in [5.74, 6) is -0.338. The molecule has 0 saturated carbocycles. The Kier molecular flexibility index (Phi) is 4.22. The maximum Gasteiger partial charge on any atom is 0.332 e. The maximum absolute atomic E-state index is 12.3. The number of hydrogen-bond acceptors (Lipinski definition) is 4. The van der Waals surface area contributed by atoms with Crippen LogP contribution in [-0.4, -0.2) is 24.6 Å². The first-order chi connectivity index (χ1) is 11.8. The van der Waals surface area contributed by atoms with Gasteiger partial charge in [-0.25, -0.2) is 9.78 Å². The average molecular weight is 362 g/mol. The van der Waals surface area contributed by atoms with E-state index in [-0.39, 0.29) is 23.6 Å². The highest BCUT2D eigenvalue weighted by Crippen LogP contribution is 2.20. The Morgan fingerprint density at radius 2 is 1.96 bits per heavy atom. The molecule has 0 bridgehead atoms. The van der Waals surface area contributed by atoms with E-state index in [1.807, 2.05) is 6.92 Å². The van der Waals surface area contributed by atoms with Gasteiger partial charge >= 0.3 is 5.69 Å². The van der Waals surface area contributed by atoms with Crippen LogP contribution in [0.5, 0.6) is 0 Å². The maximum atomic E-state index is 12.3. The van der Waals surface area contributed by atoms with E-state index >= 15 is 0 Å². The fraction of sp³-hybridized carbons (Fsp3) is 0.250. The molecule has 2 aromatic heterocycles. The number of anilines is 1. The van der Waals surface area contributed by atoms with E-state index < -0.39 is 11.2 Å². The van der Waals surface area contributed by atoms with Crippen LogP contribution in [0.15, 0.2) is 34.1 Å². The highest BCUT2D eigenvalue weighted by atomic mass is 35.5. The Morgan fingerprint density at radius 3 is 2.64 bits per heavy atom. The molecule has 1 amide bonds. The van der Waals surface area contributed by atoms with Crippen molar-refractivity contribution in [2.45, 2.75) is 13.5 Å². The standard InChI is InChI=1S/C16H16ClN5O3/c1-9-4-5-10(6-11(9)17)19-12(23)7-22-8-18-14-13(22)15(24)21(3)16(25)20(14)2/h4-6,8H,7H2,1-3H3,(H,19,23). The summed E-state index contributed by atoms with van der Waals surface area (Å²) in [6, 6.07) is 5.20. The van der Waals surface area contributed by atoms with Gasteiger partial charge in [0, 0.05) is 24.8 Å². The number of nitrogens with zero attached hydrogens (tertiary/aromatic N) is 4. The zero-order valence-corrected chi connectivity index (χ0v) is 14.7. The molecule has 1 aromatic carbocycles. The molecule has 1 N–H and O–H groups in total. The van der Waals surface area contributed by atoms with E-state index in [9.17, 15) is 14.4 Å². The summed E-state index contributed by atoms with van der Waals surface area (Å²) >= 11 is 6.05. The van der Waals surface area contributed by atoms with Crippen molar-refractivity contribution < 1.29 is 4.79 Å². The van der Waals surface area contributed by atoms with Crippen LogP contribution in [0.2, 0.25) is 5.02 Å². The molecule has 0 saturated heterocycles. The number of benzene rings is 1. The van der Waals surface area contributed by atoms with Crippen molar-refractivity contribution in [1.82, 2.24) is 18.7 Å². The van der Waals surface area contributed by atoms with Gasteiger partial charge in [0.05, 0.1) is 6.33 Å². The number of aryl methyl sites for hydroxylation is 2. The lowest BCUT2D eigenvalue weighted by molar-refractivity contribution is -0.116. The predicted molar refractivity (Wildman–Crippen MR) is 95.0 cm³/mol. The van der Waals surface area contributed by atoms with Crippen molar-refractivity contribution in [3.63, 3.8) is 0 Å². The number of aromatic nitrogens is 4. The molecule has 0 aliphatic heterocycles. The van der Waals surface area contributed by atoms with Crippen LogP contribution < -0.4 is 16.6 Å². The normalized spacial score (nSPS) is 11.0. The number of hydrogen-bond donors (Lipinski definition) is 1. The molecule has 130 valence electrons. The molecule has 3 rings (SSSR count). The Morgan fingerprint density at radius 1 is 1.24 bits per heavy atom. The highest BCUT2D eigenvalue weighted by Gasteiger charge is 2.16. The van der Waals surface area contributed by atoms with Gasteiger partial charge in [-0.3, -0.25) is 18.7 Å². The van der Waals surface area contributed by atoms with Gasteiger partial charge in [-0.1, -0.05) is 17.7 Å². The van der Waals surface area contributed by atoms with Gasteiger partial charge in [-0.05, 0) is 24.6 Å². The van der Waals surface area contributed by atoms with E-state index in [0.29, 0.717) is 10.7 Å². The molecular formula is C16H16ClN5O3. The number of rotatable bonds is 3. The third kappa shape index (κ3) is 2.96. The van der Waals surface area contributed by atoms with Gasteiger partial charge in [0.15, 0.2) is 11.2 Å². The van der Waals surface area contributed by atoms with Gasteiger partial charge in [0.2, 0.25) is 5.91 Å². The van der Waals surface area contributed by atoms with Crippen molar-refractivity contribution in [2.24, 2.45) is 14.1 Å². The number of carbonyl (C=O) groups is 1. The quantitative estimate of drug-likeness (QED) is 0.754. The molecule has 0 unspecified atom stereocenters. The van der Waals surface area contributed by atoms with E-state index in [4.69, 9.17) is 11.6 Å². The lowest BCUT2D eigenvalue weighted by atomic mass is 10.2. The van der Waals surface area contributed by atoms with Crippen molar-refractivity contribution in [2.75, 3.05) is 5.32 Å². The SMILES string of the molecule is Cc1ccc(NC(=O)Cn2cnc3c2c(=O)n(C)c(=O)n3C)cc1Cl. The second kappa shape index (κ2) is 6.21. The molecule has 0 aliphatic carbocycles. The molecule has 3 aromatic rings. The Hall–Kier alpha value is -2.87. The van der Waals surface area contributed by atoms with Gasteiger partial charge < -0.3 is 9.88 Å². The fourth-order valence-electron chi connectivity index (χ4n) is 2.54. The summed E-state index contributed by atoms with van der Waals surface area (Å²) in [5, 5.41) is 3.27. The third-order valence-electron chi connectivity index (χ3n) is 3.99. The van der Waals surface area contributed by atoms with Crippen LogP contribution >= 0.6 is 11.6 Å². The molecule has 2 heterocycles. The van der Waals surface area contributed by atoms with Crippen molar-refractivity contribution in [1.29, 1.82) is 0 Å². The van der Waals surface area contributed by atoms with Crippen LogP contribution in [0, 0.1) is 6.92 Å². The number of nitrogens with one attached hydrogen (secondary N) is 1. The first-order valence-corrected chi connectivity index (χ1v) is 7.84. The number of amides is 1. The van der Waals surface area contributed by atoms with Gasteiger partial charge in [0.25, 0.3) is 5.56 Å². The monoisotopic (exact) mass is 361 g/mol. The van der Waals surface area contributed by atoms with E-state index in [1.165, 1.54) is 29.6 Å². The van der Waals surface area contributed by atoms with Gasteiger partial charge in [-0.2, -0.15) is 0 Å². The van der Waals surface area contributed by atoms with Crippen LogP contribution in [0.25, 0.3) is 11.2 Å². The second-order valence-corrected chi connectivity index (χ2v) is 6.17. The zero-order chi connectivity index (χ0) is 18.3. The minimum atomic E-state index is -0.498. The van der Waals surface area contributed by atoms with E-state index in [0.717, 1.165) is 10.1 Å². The van der Waals surface area contributed by atoms with Crippen LogP contribution in [-0.2, 0) is 25.4 Å². The number of fused-ring (bicyclic) bond motifs is 1. The smallest absolute Gasteiger partial charge is 0.324 e. The van der Waals surface area contributed by atoms with E-state index in [2.05, 4.69) is 10.3 Å². The van der Waals surface area contributed by atoms with Gasteiger partial charge in [-0.15, -0.1) is 0 Å². The van der Waals surface area contributed by atoms with Crippen molar-refractivity contribution >= 4 is 34.4 Å². The number of carbonyl (C=O) groups excluding carboxylic acids is 1. The van der Waals surface area contributed by atoms with Crippen molar-refractivity contribution in [3.8, 4) is 0 Å². The van der Waals surface area contributed by atoms with Crippen LogP contribution in [0.3, 0.4) is 0 Å². The van der Waals surface area contributed by atoms with Crippen LogP contribution in [0.1, 0.15) is 5.56 Å². The molecule has 0 aliphatic rings. The van der Waals surface area contributed by atoms with Crippen molar-refractivity contribution in [3.05, 3.63) is 56.0 Å². The molecule has 9 heteroatoms. The molecule has 0 radical (unpaired) electrons. The fourth-order valence-corrected chi connectivity index (χ4v) is 2.72. The summed E-state index contributed by atoms with van der Waals surface area (Å²) in [4.78, 5) is 40.6. The Labute approximate surface area is 147 Å². The largest absolute Gasteiger partial charge is 0.332 e. The minimum absolute atomic E-state index is 0.116. The lowest BCUT2D eigenvalue weighted by Gasteiger charge is -2.09.